The molecule has 1 unspecified atom stereocenters. The molecule has 1 amide bonds. The van der Waals surface area contributed by atoms with E-state index in [-0.39, 0.29) is 23.8 Å². The second-order valence-corrected chi connectivity index (χ2v) is 4.53. The van der Waals surface area contributed by atoms with Crippen LogP contribution in [0.4, 0.5) is 11.9 Å². The molecule has 2 aromatic rings. The van der Waals surface area contributed by atoms with Crippen molar-refractivity contribution in [2.45, 2.75) is 18.9 Å². The summed E-state index contributed by atoms with van der Waals surface area (Å²) in [5, 5.41) is 5.80. The molecule has 0 saturated carbocycles. The van der Waals surface area contributed by atoms with E-state index in [0.29, 0.717) is 12.5 Å². The molecule has 3 heterocycles. The van der Waals surface area contributed by atoms with Crippen molar-refractivity contribution in [3.63, 3.8) is 0 Å². The molecule has 110 valence electrons. The zero-order chi connectivity index (χ0) is 14.7. The van der Waals surface area contributed by atoms with Gasteiger partial charge in [-0.1, -0.05) is 0 Å². The van der Waals surface area contributed by atoms with Gasteiger partial charge in [-0.15, -0.1) is 0 Å². The number of piperidine rings is 1. The van der Waals surface area contributed by atoms with Gasteiger partial charge in [0.1, 0.15) is 12.4 Å². The van der Waals surface area contributed by atoms with Crippen LogP contribution >= 0.6 is 0 Å². The van der Waals surface area contributed by atoms with Gasteiger partial charge in [-0.05, 0) is 12.8 Å². The van der Waals surface area contributed by atoms with E-state index in [2.05, 4.69) is 36.0 Å². The molecule has 0 spiro atoms. The third kappa shape index (κ3) is 2.89. The van der Waals surface area contributed by atoms with Crippen LogP contribution in [0.5, 0.6) is 0 Å². The average Bonchev–Trinajstić information content (AvgIpc) is 3.04. The lowest BCUT2D eigenvalue weighted by Crippen LogP contribution is -2.44. The quantitative estimate of drug-likeness (QED) is 0.417. The zero-order valence-electron chi connectivity index (χ0n) is 11.2. The van der Waals surface area contributed by atoms with Crippen molar-refractivity contribution in [2.24, 2.45) is 5.84 Å². The van der Waals surface area contributed by atoms with Gasteiger partial charge in [-0.2, -0.15) is 15.0 Å². The van der Waals surface area contributed by atoms with Gasteiger partial charge in [0.05, 0.1) is 0 Å². The Labute approximate surface area is 120 Å². The van der Waals surface area contributed by atoms with Crippen molar-refractivity contribution >= 4 is 17.8 Å². The summed E-state index contributed by atoms with van der Waals surface area (Å²) in [5.74, 6) is 6.14. The summed E-state index contributed by atoms with van der Waals surface area (Å²) in [6.07, 6.45) is 6.51. The number of nitrogens with zero attached hydrogens (tertiary/aromatic N) is 5. The van der Waals surface area contributed by atoms with Crippen LogP contribution in [0.25, 0.3) is 5.95 Å². The largest absolute Gasteiger partial charge is 0.354 e. The number of amides is 1. The van der Waals surface area contributed by atoms with E-state index < -0.39 is 0 Å². The summed E-state index contributed by atoms with van der Waals surface area (Å²) in [4.78, 5) is 28.2. The first-order valence-corrected chi connectivity index (χ1v) is 6.51. The maximum Gasteiger partial charge on any atom is 0.243 e. The number of carbonyl (C=O) groups excluding carboxylic acids is 1. The van der Waals surface area contributed by atoms with Crippen molar-refractivity contribution in [2.75, 3.05) is 17.3 Å². The van der Waals surface area contributed by atoms with Gasteiger partial charge in [-0.25, -0.2) is 10.8 Å². The number of nitrogens with one attached hydrogen (secondary N) is 3. The molecule has 1 saturated heterocycles. The van der Waals surface area contributed by atoms with Crippen LogP contribution in [0.3, 0.4) is 0 Å². The van der Waals surface area contributed by atoms with Crippen LogP contribution in [0.15, 0.2) is 18.7 Å². The minimum Gasteiger partial charge on any atom is -0.354 e. The first kappa shape index (κ1) is 13.2. The number of anilines is 2. The minimum atomic E-state index is -0.359. The fourth-order valence-electron chi connectivity index (χ4n) is 2.05. The zero-order valence-corrected chi connectivity index (χ0v) is 11.2. The Bertz CT molecular complexity index is 627. The van der Waals surface area contributed by atoms with E-state index in [4.69, 9.17) is 5.84 Å². The Morgan fingerprint density at radius 1 is 1.33 bits per heavy atom. The maximum atomic E-state index is 11.8. The standard InChI is InChI=1S/C11H15N9O/c12-19-10-16-9(15-7-2-1-3-14-8(7)21)17-11(18-10)20-5-4-13-6-20/h4-7H,1-3,12H2,(H,14,21)(H2,15,16,17,18,19). The fourth-order valence-corrected chi connectivity index (χ4v) is 2.05. The predicted molar refractivity (Wildman–Crippen MR) is 74.4 cm³/mol. The SMILES string of the molecule is NNc1nc(NC2CCCNC2=O)nc(-n2ccnc2)n1. The lowest BCUT2D eigenvalue weighted by molar-refractivity contribution is -0.123. The van der Waals surface area contributed by atoms with Crippen molar-refractivity contribution in [3.8, 4) is 5.95 Å². The number of nitrogens with two attached hydrogens (primary N) is 1. The Kier molecular flexibility index (Phi) is 3.60. The average molecular weight is 289 g/mol. The smallest absolute Gasteiger partial charge is 0.243 e. The minimum absolute atomic E-state index is 0.0619. The number of nitrogen functional groups attached to an aromatic ring is 1. The van der Waals surface area contributed by atoms with E-state index in [1.54, 1.807) is 23.3 Å². The molecule has 0 aromatic carbocycles. The predicted octanol–water partition coefficient (Wildman–Crippen LogP) is -0.967. The molecule has 3 rings (SSSR count). The third-order valence-electron chi connectivity index (χ3n) is 3.08. The van der Waals surface area contributed by atoms with Crippen LogP contribution in [0, 0.1) is 0 Å². The lowest BCUT2D eigenvalue weighted by atomic mass is 10.1. The summed E-state index contributed by atoms with van der Waals surface area (Å²) < 4.78 is 1.62. The van der Waals surface area contributed by atoms with Crippen molar-refractivity contribution in [3.05, 3.63) is 18.7 Å². The summed E-state index contributed by atoms with van der Waals surface area (Å²) >= 11 is 0. The molecule has 0 radical (unpaired) electrons. The van der Waals surface area contributed by atoms with E-state index in [0.717, 1.165) is 12.8 Å². The van der Waals surface area contributed by atoms with Gasteiger partial charge in [0.15, 0.2) is 0 Å². The third-order valence-corrected chi connectivity index (χ3v) is 3.08. The van der Waals surface area contributed by atoms with E-state index >= 15 is 0 Å². The first-order chi connectivity index (χ1) is 10.3. The highest BCUT2D eigenvalue weighted by Crippen LogP contribution is 2.12. The number of imidazole rings is 1. The molecular weight excluding hydrogens is 274 g/mol. The molecule has 5 N–H and O–H groups in total. The second kappa shape index (κ2) is 5.71. The van der Waals surface area contributed by atoms with Crippen LogP contribution < -0.4 is 21.9 Å². The first-order valence-electron chi connectivity index (χ1n) is 6.51. The van der Waals surface area contributed by atoms with Crippen LogP contribution in [0.2, 0.25) is 0 Å². The van der Waals surface area contributed by atoms with E-state index in [1.165, 1.54) is 0 Å². The number of rotatable bonds is 4. The van der Waals surface area contributed by atoms with Gasteiger partial charge >= 0.3 is 0 Å². The highest BCUT2D eigenvalue weighted by atomic mass is 16.2. The monoisotopic (exact) mass is 289 g/mol. The van der Waals surface area contributed by atoms with E-state index in [9.17, 15) is 4.79 Å². The molecule has 1 aliphatic rings. The Morgan fingerprint density at radius 3 is 2.90 bits per heavy atom. The Balaban J connectivity index is 1.87. The van der Waals surface area contributed by atoms with E-state index in [1.807, 2.05) is 0 Å². The number of hydrogen-bond donors (Lipinski definition) is 4. The maximum absolute atomic E-state index is 11.8. The van der Waals surface area contributed by atoms with Gasteiger partial charge in [-0.3, -0.25) is 14.8 Å². The van der Waals surface area contributed by atoms with Crippen LogP contribution in [-0.4, -0.2) is 43.0 Å². The topological polar surface area (TPSA) is 136 Å². The fraction of sp³-hybridized carbons (Fsp3) is 0.364. The molecule has 0 aliphatic carbocycles. The van der Waals surface area contributed by atoms with Gasteiger partial charge in [0, 0.05) is 18.9 Å². The molecule has 1 atom stereocenters. The molecular formula is C11H15N9O. The molecule has 10 nitrogen and oxygen atoms in total. The van der Waals surface area contributed by atoms with Gasteiger partial charge in [0.25, 0.3) is 0 Å². The van der Waals surface area contributed by atoms with Crippen molar-refractivity contribution in [1.29, 1.82) is 0 Å². The van der Waals surface area contributed by atoms with Crippen molar-refractivity contribution in [1.82, 2.24) is 29.8 Å². The summed E-state index contributed by atoms with van der Waals surface area (Å²) in [7, 11) is 0. The highest BCUT2D eigenvalue weighted by molar-refractivity contribution is 5.84. The van der Waals surface area contributed by atoms with Crippen LogP contribution in [-0.2, 0) is 4.79 Å². The molecule has 2 aromatic heterocycles. The number of hydrogen-bond acceptors (Lipinski definition) is 8. The Hall–Kier alpha value is -2.75. The van der Waals surface area contributed by atoms with Gasteiger partial charge < -0.3 is 10.6 Å². The summed E-state index contributed by atoms with van der Waals surface area (Å²) in [6, 6.07) is -0.359. The number of hydrazine groups is 1. The Morgan fingerprint density at radius 2 is 2.19 bits per heavy atom. The normalized spacial score (nSPS) is 18.1. The molecule has 21 heavy (non-hydrogen) atoms. The molecule has 10 heteroatoms. The number of aromatic nitrogens is 5. The molecule has 1 aliphatic heterocycles. The summed E-state index contributed by atoms with van der Waals surface area (Å²) in [5.41, 5.74) is 2.38. The second-order valence-electron chi connectivity index (χ2n) is 4.53. The number of carbonyl (C=O) groups is 1. The van der Waals surface area contributed by atoms with Crippen LogP contribution in [0.1, 0.15) is 12.8 Å². The lowest BCUT2D eigenvalue weighted by Gasteiger charge is -2.22. The molecule has 0 bridgehead atoms. The highest BCUT2D eigenvalue weighted by Gasteiger charge is 2.23. The molecule has 1 fully saturated rings. The van der Waals surface area contributed by atoms with Gasteiger partial charge in [0.2, 0.25) is 23.8 Å². The van der Waals surface area contributed by atoms with Crippen molar-refractivity contribution < 1.29 is 4.79 Å². The summed E-state index contributed by atoms with van der Waals surface area (Å²) in [6.45, 7) is 0.699.